The van der Waals surface area contributed by atoms with Gasteiger partial charge in [-0.05, 0) is 43.6 Å². The zero-order valence-electron chi connectivity index (χ0n) is 11.0. The highest BCUT2D eigenvalue weighted by molar-refractivity contribution is 5.47. The Labute approximate surface area is 103 Å². The molecular formula is C14H22N2O. The van der Waals surface area contributed by atoms with E-state index in [4.69, 9.17) is 10.5 Å². The molecule has 0 bridgehead atoms. The fourth-order valence-corrected chi connectivity index (χ4v) is 2.24. The zero-order valence-corrected chi connectivity index (χ0v) is 11.0. The molecule has 1 heterocycles. The summed E-state index contributed by atoms with van der Waals surface area (Å²) >= 11 is 0. The Morgan fingerprint density at radius 3 is 2.59 bits per heavy atom. The highest BCUT2D eigenvalue weighted by Gasteiger charge is 2.27. The third-order valence-corrected chi connectivity index (χ3v) is 3.69. The number of anilines is 1. The van der Waals surface area contributed by atoms with Crippen LogP contribution in [0, 0.1) is 12.3 Å². The summed E-state index contributed by atoms with van der Waals surface area (Å²) in [5, 5.41) is 0. The largest absolute Gasteiger partial charge is 0.474 e. The van der Waals surface area contributed by atoms with E-state index in [1.807, 2.05) is 13.0 Å². The maximum Gasteiger partial charge on any atom is 0.215 e. The minimum atomic E-state index is 0.303. The van der Waals surface area contributed by atoms with Gasteiger partial charge in [0.25, 0.3) is 0 Å². The molecule has 17 heavy (non-hydrogen) atoms. The summed E-state index contributed by atoms with van der Waals surface area (Å²) in [5.41, 5.74) is 8.08. The highest BCUT2D eigenvalue weighted by Crippen LogP contribution is 2.36. The smallest absolute Gasteiger partial charge is 0.215 e. The lowest BCUT2D eigenvalue weighted by atomic mass is 9.76. The monoisotopic (exact) mass is 234 g/mol. The van der Waals surface area contributed by atoms with Gasteiger partial charge in [0.1, 0.15) is 6.10 Å². The molecule has 0 aliphatic heterocycles. The quantitative estimate of drug-likeness (QED) is 0.854. The van der Waals surface area contributed by atoms with Crippen LogP contribution in [-0.2, 0) is 0 Å². The molecule has 1 aliphatic carbocycles. The SMILES string of the molecule is Cc1cnc(OC2CCC(C)(C)CC2)cc1N. The summed E-state index contributed by atoms with van der Waals surface area (Å²) in [6, 6.07) is 1.83. The molecule has 0 spiro atoms. The zero-order chi connectivity index (χ0) is 12.5. The number of hydrogen-bond donors (Lipinski definition) is 1. The standard InChI is InChI=1S/C14H22N2O/c1-10-9-16-13(8-12(10)15)17-11-4-6-14(2,3)7-5-11/h8-9,11H,4-7H2,1-3H3,(H2,15,16). The molecule has 0 aromatic carbocycles. The third-order valence-electron chi connectivity index (χ3n) is 3.69. The Hall–Kier alpha value is -1.25. The molecule has 1 aliphatic rings. The number of ether oxygens (including phenoxy) is 1. The lowest BCUT2D eigenvalue weighted by molar-refractivity contribution is 0.0949. The lowest BCUT2D eigenvalue weighted by Crippen LogP contribution is -2.28. The number of nitrogens with two attached hydrogens (primary N) is 1. The molecule has 0 radical (unpaired) electrons. The minimum Gasteiger partial charge on any atom is -0.474 e. The molecule has 1 saturated carbocycles. The summed E-state index contributed by atoms with van der Waals surface area (Å²) < 4.78 is 5.89. The van der Waals surface area contributed by atoms with Crippen molar-refractivity contribution in [1.29, 1.82) is 0 Å². The molecule has 0 unspecified atom stereocenters. The number of hydrogen-bond acceptors (Lipinski definition) is 3. The van der Waals surface area contributed by atoms with Crippen molar-refractivity contribution in [3.8, 4) is 5.88 Å². The molecular weight excluding hydrogens is 212 g/mol. The number of nitrogen functional groups attached to an aromatic ring is 1. The van der Waals surface area contributed by atoms with Crippen LogP contribution in [0.5, 0.6) is 5.88 Å². The van der Waals surface area contributed by atoms with Crippen molar-refractivity contribution in [2.24, 2.45) is 5.41 Å². The van der Waals surface area contributed by atoms with Crippen molar-refractivity contribution < 1.29 is 4.74 Å². The van der Waals surface area contributed by atoms with Crippen LogP contribution < -0.4 is 10.5 Å². The van der Waals surface area contributed by atoms with Gasteiger partial charge < -0.3 is 10.5 Å². The fourth-order valence-electron chi connectivity index (χ4n) is 2.24. The van der Waals surface area contributed by atoms with Crippen LogP contribution in [0.4, 0.5) is 5.69 Å². The molecule has 2 rings (SSSR count). The Morgan fingerprint density at radius 2 is 2.00 bits per heavy atom. The molecule has 1 fully saturated rings. The van der Waals surface area contributed by atoms with Gasteiger partial charge in [-0.3, -0.25) is 0 Å². The van der Waals surface area contributed by atoms with Crippen LogP contribution in [0.3, 0.4) is 0 Å². The van der Waals surface area contributed by atoms with Crippen LogP contribution in [0.1, 0.15) is 45.1 Å². The van der Waals surface area contributed by atoms with E-state index >= 15 is 0 Å². The predicted octanol–water partition coefficient (Wildman–Crippen LogP) is 3.32. The second kappa shape index (κ2) is 4.55. The van der Waals surface area contributed by atoms with Crippen molar-refractivity contribution in [3.05, 3.63) is 17.8 Å². The van der Waals surface area contributed by atoms with E-state index in [9.17, 15) is 0 Å². The van der Waals surface area contributed by atoms with Crippen molar-refractivity contribution in [3.63, 3.8) is 0 Å². The van der Waals surface area contributed by atoms with Gasteiger partial charge in [-0.15, -0.1) is 0 Å². The first-order valence-electron chi connectivity index (χ1n) is 6.35. The van der Waals surface area contributed by atoms with E-state index in [1.54, 1.807) is 6.20 Å². The van der Waals surface area contributed by atoms with E-state index in [0.29, 0.717) is 17.4 Å². The number of rotatable bonds is 2. The third kappa shape index (κ3) is 3.11. The first-order valence-corrected chi connectivity index (χ1v) is 6.35. The van der Waals surface area contributed by atoms with Crippen LogP contribution in [0.25, 0.3) is 0 Å². The molecule has 3 heteroatoms. The van der Waals surface area contributed by atoms with E-state index in [1.165, 1.54) is 12.8 Å². The van der Waals surface area contributed by atoms with Gasteiger partial charge in [-0.2, -0.15) is 0 Å². The molecule has 1 aromatic rings. The Kier molecular flexibility index (Phi) is 3.27. The topological polar surface area (TPSA) is 48.1 Å². The number of aryl methyl sites for hydroxylation is 1. The summed E-state index contributed by atoms with van der Waals surface area (Å²) in [6.45, 7) is 6.60. The van der Waals surface area contributed by atoms with Crippen LogP contribution in [-0.4, -0.2) is 11.1 Å². The van der Waals surface area contributed by atoms with Crippen molar-refractivity contribution in [2.45, 2.75) is 52.6 Å². The Morgan fingerprint density at radius 1 is 1.35 bits per heavy atom. The number of aromatic nitrogens is 1. The molecule has 94 valence electrons. The van der Waals surface area contributed by atoms with Crippen LogP contribution >= 0.6 is 0 Å². The lowest BCUT2D eigenvalue weighted by Gasteiger charge is -2.34. The average molecular weight is 234 g/mol. The van der Waals surface area contributed by atoms with Gasteiger partial charge in [0.15, 0.2) is 0 Å². The molecule has 1 aromatic heterocycles. The summed E-state index contributed by atoms with van der Waals surface area (Å²) in [5.74, 6) is 0.665. The summed E-state index contributed by atoms with van der Waals surface area (Å²) in [4.78, 5) is 4.27. The van der Waals surface area contributed by atoms with Crippen molar-refractivity contribution in [2.75, 3.05) is 5.73 Å². The molecule has 2 N–H and O–H groups in total. The Bertz CT molecular complexity index is 391. The van der Waals surface area contributed by atoms with Crippen molar-refractivity contribution in [1.82, 2.24) is 4.98 Å². The summed E-state index contributed by atoms with van der Waals surface area (Å²) in [7, 11) is 0. The van der Waals surface area contributed by atoms with Crippen LogP contribution in [0.15, 0.2) is 12.3 Å². The molecule has 0 amide bonds. The second-order valence-corrected chi connectivity index (χ2v) is 5.86. The fraction of sp³-hybridized carbons (Fsp3) is 0.643. The predicted molar refractivity (Wildman–Crippen MR) is 70.1 cm³/mol. The average Bonchev–Trinajstić information content (AvgIpc) is 2.27. The minimum absolute atomic E-state index is 0.303. The van der Waals surface area contributed by atoms with E-state index < -0.39 is 0 Å². The first kappa shape index (κ1) is 12.2. The van der Waals surface area contributed by atoms with Gasteiger partial charge >= 0.3 is 0 Å². The molecule has 3 nitrogen and oxygen atoms in total. The molecule has 0 atom stereocenters. The first-order chi connectivity index (χ1) is 7.96. The van der Waals surface area contributed by atoms with Gasteiger partial charge in [-0.25, -0.2) is 4.98 Å². The van der Waals surface area contributed by atoms with Crippen LogP contribution in [0.2, 0.25) is 0 Å². The van der Waals surface area contributed by atoms with E-state index in [-0.39, 0.29) is 0 Å². The van der Waals surface area contributed by atoms with E-state index in [0.717, 1.165) is 24.1 Å². The van der Waals surface area contributed by atoms with Gasteiger partial charge in [0.2, 0.25) is 5.88 Å². The maximum absolute atomic E-state index is 5.89. The van der Waals surface area contributed by atoms with Gasteiger partial charge in [0, 0.05) is 18.0 Å². The highest BCUT2D eigenvalue weighted by atomic mass is 16.5. The maximum atomic E-state index is 5.89. The van der Waals surface area contributed by atoms with Crippen molar-refractivity contribution >= 4 is 5.69 Å². The summed E-state index contributed by atoms with van der Waals surface area (Å²) in [6.07, 6.45) is 6.75. The number of pyridine rings is 1. The normalized spacial score (nSPS) is 20.2. The molecule has 0 saturated heterocycles. The van der Waals surface area contributed by atoms with Gasteiger partial charge in [0.05, 0.1) is 0 Å². The van der Waals surface area contributed by atoms with E-state index in [2.05, 4.69) is 18.8 Å². The second-order valence-electron chi connectivity index (χ2n) is 5.86. The van der Waals surface area contributed by atoms with Gasteiger partial charge in [-0.1, -0.05) is 13.8 Å². The number of nitrogens with zero attached hydrogens (tertiary/aromatic N) is 1. The Balaban J connectivity index is 1.95.